The predicted molar refractivity (Wildman–Crippen MR) is 417 cm³/mol. The summed E-state index contributed by atoms with van der Waals surface area (Å²) in [7, 11) is 0. The van der Waals surface area contributed by atoms with Crippen LogP contribution in [0.25, 0.3) is 10.9 Å². The third-order valence-electron chi connectivity index (χ3n) is 18.0. The van der Waals surface area contributed by atoms with E-state index in [0.717, 1.165) is 10.9 Å². The molecule has 16 amide bonds. The second kappa shape index (κ2) is 47.8. The molecule has 112 heavy (non-hydrogen) atoms. The van der Waals surface area contributed by atoms with Crippen LogP contribution < -0.4 is 92.1 Å². The number of hydrogen-bond acceptors (Lipinski definition) is 18. The number of carboxylic acid groups (broad SMARTS) is 1. The Hall–Kier alpha value is -10.3. The first-order chi connectivity index (χ1) is 52.1. The number of carbonyl (C=O) groups is 17. The van der Waals surface area contributed by atoms with Crippen LogP contribution in [0.4, 0.5) is 0 Å². The quantitative estimate of drug-likeness (QED) is 0.0380. The van der Waals surface area contributed by atoms with Crippen molar-refractivity contribution in [2.24, 2.45) is 70.3 Å². The van der Waals surface area contributed by atoms with E-state index in [-0.39, 0.29) is 68.1 Å². The van der Waals surface area contributed by atoms with Crippen molar-refractivity contribution in [2.45, 2.75) is 273 Å². The summed E-state index contributed by atoms with van der Waals surface area (Å²) < 4.78 is 0. The van der Waals surface area contributed by atoms with Gasteiger partial charge < -0.3 is 102 Å². The average molecular weight is 1580 g/mol. The molecule has 23 N–H and O–H groups in total. The number of nitrogens with two attached hydrogens (primary N) is 4. The number of rotatable bonds is 51. The fourth-order valence-corrected chi connectivity index (χ4v) is 12.0. The molecule has 0 aliphatic carbocycles. The van der Waals surface area contributed by atoms with Gasteiger partial charge in [0.25, 0.3) is 0 Å². The van der Waals surface area contributed by atoms with E-state index < -0.39 is 235 Å². The molecule has 628 valence electrons. The largest absolute Gasteiger partial charge is 0.480 e. The lowest BCUT2D eigenvalue weighted by Gasteiger charge is -2.30. The van der Waals surface area contributed by atoms with Crippen LogP contribution in [-0.4, -0.2) is 196 Å². The minimum absolute atomic E-state index is 0.0493. The normalized spacial score (nSPS) is 15.0. The topological polar surface area (TPSA) is 587 Å². The molecule has 0 spiro atoms. The third kappa shape index (κ3) is 35.4. The Bertz CT molecular complexity index is 3580. The summed E-state index contributed by atoms with van der Waals surface area (Å²) in [5.74, 6) is -18.0. The first-order valence-electron chi connectivity index (χ1n) is 38.4. The van der Waals surface area contributed by atoms with E-state index in [4.69, 9.17) is 22.9 Å². The van der Waals surface area contributed by atoms with Gasteiger partial charge in [0.15, 0.2) is 0 Å². The summed E-state index contributed by atoms with van der Waals surface area (Å²) in [6.07, 6.45) is -0.651. The van der Waals surface area contributed by atoms with Crippen LogP contribution in [0.3, 0.4) is 0 Å². The van der Waals surface area contributed by atoms with Gasteiger partial charge in [0.05, 0.1) is 12.6 Å². The zero-order chi connectivity index (χ0) is 85.3. The van der Waals surface area contributed by atoms with Crippen molar-refractivity contribution >= 4 is 111 Å². The summed E-state index contributed by atoms with van der Waals surface area (Å²) in [6, 6.07) is -10.6. The van der Waals surface area contributed by atoms with E-state index >= 15 is 0 Å². The van der Waals surface area contributed by atoms with Gasteiger partial charge in [-0.25, -0.2) is 4.79 Å². The molecule has 1 heterocycles. The van der Waals surface area contributed by atoms with E-state index in [1.54, 1.807) is 99.7 Å². The van der Waals surface area contributed by atoms with Gasteiger partial charge in [0, 0.05) is 42.8 Å². The molecule has 2 aromatic rings. The molecule has 0 saturated heterocycles. The molecule has 0 fully saturated rings. The van der Waals surface area contributed by atoms with Gasteiger partial charge >= 0.3 is 5.97 Å². The molecule has 0 aliphatic rings. The molecular formula is C76H126N18O18. The maximum absolute atomic E-state index is 14.5. The number of carbonyl (C=O) groups excluding carboxylic acids is 16. The zero-order valence-corrected chi connectivity index (χ0v) is 67.9. The number of nitrogens with one attached hydrogen (secondary N) is 14. The van der Waals surface area contributed by atoms with E-state index in [2.05, 4.69) is 74.1 Å². The van der Waals surface area contributed by atoms with Gasteiger partial charge in [-0.1, -0.05) is 129 Å². The van der Waals surface area contributed by atoms with Crippen molar-refractivity contribution in [1.29, 1.82) is 0 Å². The molecule has 1 aromatic carbocycles. The lowest BCUT2D eigenvalue weighted by Crippen LogP contribution is -2.62. The number of carboxylic acids is 1. The second-order valence-electron chi connectivity index (χ2n) is 31.9. The highest BCUT2D eigenvalue weighted by Gasteiger charge is 2.39. The Kier molecular flexibility index (Phi) is 41.7. The van der Waals surface area contributed by atoms with Crippen molar-refractivity contribution in [3.8, 4) is 0 Å². The highest BCUT2D eigenvalue weighted by atomic mass is 16.4. The molecule has 0 aliphatic heterocycles. The first kappa shape index (κ1) is 97.8. The Morgan fingerprint density at radius 2 is 0.670 bits per heavy atom. The molecule has 0 radical (unpaired) electrons. The first-order valence-corrected chi connectivity index (χ1v) is 38.4. The monoisotopic (exact) mass is 1580 g/mol. The fraction of sp³-hybridized carbons (Fsp3) is 0.671. The molecule has 1 aromatic heterocycles. The van der Waals surface area contributed by atoms with Crippen molar-refractivity contribution in [1.82, 2.24) is 74.1 Å². The zero-order valence-electron chi connectivity index (χ0n) is 67.9. The van der Waals surface area contributed by atoms with Crippen molar-refractivity contribution in [2.75, 3.05) is 6.54 Å². The van der Waals surface area contributed by atoms with Gasteiger partial charge in [-0.3, -0.25) is 76.7 Å². The Morgan fingerprint density at radius 1 is 0.357 bits per heavy atom. The molecule has 0 saturated carbocycles. The van der Waals surface area contributed by atoms with Gasteiger partial charge in [-0.05, 0) is 117 Å². The Balaban J connectivity index is 2.36. The summed E-state index contributed by atoms with van der Waals surface area (Å²) in [5, 5.41) is 44.2. The second-order valence-corrected chi connectivity index (χ2v) is 31.9. The van der Waals surface area contributed by atoms with E-state index in [1.807, 2.05) is 41.5 Å². The molecular weight excluding hydrogens is 1450 g/mol. The van der Waals surface area contributed by atoms with Crippen LogP contribution in [0, 0.1) is 47.3 Å². The Morgan fingerprint density at radius 3 is 1.05 bits per heavy atom. The molecule has 0 bridgehead atoms. The molecule has 2 rings (SSSR count). The number of aromatic nitrogens is 1. The smallest absolute Gasteiger partial charge is 0.326 e. The van der Waals surface area contributed by atoms with Crippen LogP contribution in [0.15, 0.2) is 30.5 Å². The minimum atomic E-state index is -1.68. The van der Waals surface area contributed by atoms with E-state index in [9.17, 15) is 86.6 Å². The van der Waals surface area contributed by atoms with E-state index in [0.29, 0.717) is 12.0 Å². The number of primary amides is 3. The number of H-pyrrole nitrogens is 1. The number of aliphatic carboxylic acids is 1. The van der Waals surface area contributed by atoms with Gasteiger partial charge in [0.2, 0.25) is 94.5 Å². The average Bonchev–Trinajstić information content (AvgIpc) is 1.63. The van der Waals surface area contributed by atoms with Crippen LogP contribution in [0.1, 0.15) is 194 Å². The van der Waals surface area contributed by atoms with Crippen molar-refractivity contribution in [3.63, 3.8) is 0 Å². The predicted octanol–water partition coefficient (Wildman–Crippen LogP) is -0.929. The lowest BCUT2D eigenvalue weighted by atomic mass is 9.97. The number of fused-ring (bicyclic) bond motifs is 1. The highest BCUT2D eigenvalue weighted by Crippen LogP contribution is 2.21. The van der Waals surface area contributed by atoms with E-state index in [1.165, 1.54) is 6.92 Å². The van der Waals surface area contributed by atoms with Crippen LogP contribution in [0.5, 0.6) is 0 Å². The van der Waals surface area contributed by atoms with Gasteiger partial charge in [-0.15, -0.1) is 0 Å². The number of para-hydroxylation sites is 1. The molecule has 36 nitrogen and oxygen atoms in total. The van der Waals surface area contributed by atoms with Gasteiger partial charge in [0.1, 0.15) is 72.5 Å². The number of aromatic amines is 1. The Labute approximate surface area is 655 Å². The van der Waals surface area contributed by atoms with Crippen molar-refractivity contribution in [3.05, 3.63) is 36.0 Å². The SMILES string of the molecule is CC(C)C[C@H](NC(=O)CNC(=O)[C@@H](NC(=O)[C@H](CC(C)C)NC(=O)[C@H](CC(C)C)NC(=O)[C@@H](N)CC(C)C)C(C)C)C(=O)N[C@@H](CCC(N)=O)C(=O)N[C@@H](CCC(N)=O)C(=O)N[C@@H](CC(C)C)C(=O)N[C@H](C(=O)N[C@H](C(=O)N[C@@H](CCC(N)=O)C(=O)N[C@@H](C)C(=O)N[C@@H](Cc1c[nH]c2ccccc12)C(=O)O)C(C)C)C(C)C. The summed E-state index contributed by atoms with van der Waals surface area (Å²) >= 11 is 0. The standard InChI is InChI=1S/C76H126N18O18/c1-36(2)28-47(77)65(100)88-53(30-38(5)6)70(105)90-55(32-40(9)10)71(106)92-61(41(11)12)73(108)82-35-60(98)84-52(29-37(3)4)69(104)86-50(23-26-58(79)96)67(102)85-51(24-27-59(80)97)68(103)89-54(31-39(7)8)72(107)93-63(43(15)16)75(110)94-62(42(13)14)74(109)87-49(22-25-57(78)95)66(101)83-44(17)64(99)91-56(76(111)112)33-45-34-81-48-21-19-18-20-46(45)48/h18-21,34,36-44,47,49-56,61-63,81H,22-33,35,77H2,1-17H3,(H2,78,95)(H2,79,96)(H2,80,97)(H,82,108)(H,83,101)(H,84,98)(H,85,102)(H,86,104)(H,87,109)(H,88,100)(H,89,103)(H,90,105)(H,91,99)(H,92,106)(H,93,107)(H,94,110)(H,111,112)/t44-,47-,49-,50-,51-,52-,53-,54-,55-,56-,61-,62-,63-/m0/s1. The summed E-state index contributed by atoms with van der Waals surface area (Å²) in [4.78, 5) is 234. The molecule has 13 atom stereocenters. The lowest BCUT2D eigenvalue weighted by molar-refractivity contribution is -0.142. The number of benzene rings is 1. The summed E-state index contributed by atoms with van der Waals surface area (Å²) in [5.41, 5.74) is 23.9. The maximum atomic E-state index is 14.5. The van der Waals surface area contributed by atoms with Crippen LogP contribution in [-0.2, 0) is 87.9 Å². The fourth-order valence-electron chi connectivity index (χ4n) is 12.0. The minimum Gasteiger partial charge on any atom is -0.480 e. The van der Waals surface area contributed by atoms with Crippen LogP contribution in [0.2, 0.25) is 0 Å². The molecule has 0 unspecified atom stereocenters. The van der Waals surface area contributed by atoms with Crippen molar-refractivity contribution < 1.29 is 86.6 Å². The number of hydrogen-bond donors (Lipinski definition) is 19. The summed E-state index contributed by atoms with van der Waals surface area (Å²) in [6.45, 7) is 28.2. The maximum Gasteiger partial charge on any atom is 0.326 e. The highest BCUT2D eigenvalue weighted by molar-refractivity contribution is 6.00. The van der Waals surface area contributed by atoms with Crippen LogP contribution >= 0.6 is 0 Å². The number of amides is 16. The molecule has 36 heteroatoms. The van der Waals surface area contributed by atoms with Gasteiger partial charge in [-0.2, -0.15) is 0 Å². The third-order valence-corrected chi connectivity index (χ3v) is 18.0.